The van der Waals surface area contributed by atoms with Crippen molar-refractivity contribution in [3.8, 4) is 5.75 Å². The van der Waals surface area contributed by atoms with E-state index in [2.05, 4.69) is 17.1 Å². The fourth-order valence-corrected chi connectivity index (χ4v) is 2.88. The van der Waals surface area contributed by atoms with Gasteiger partial charge in [-0.3, -0.25) is 9.69 Å². The number of carbonyl (C=O) groups excluding carboxylic acids is 1. The Hall–Kier alpha value is -1.33. The first-order valence-electron chi connectivity index (χ1n) is 7.68. The molecule has 1 aliphatic heterocycles. The fourth-order valence-electron chi connectivity index (χ4n) is 2.71. The maximum Gasteiger partial charge on any atom is 0.257 e. The number of likely N-dealkylation sites (N-methyl/N-ethyl adjacent to an activating group) is 1. The second-order valence-electron chi connectivity index (χ2n) is 5.45. The molecule has 0 saturated carbocycles. The van der Waals surface area contributed by atoms with Crippen LogP contribution in [0.1, 0.15) is 26.2 Å². The summed E-state index contributed by atoms with van der Waals surface area (Å²) in [7, 11) is 0. The van der Waals surface area contributed by atoms with Crippen LogP contribution in [0.15, 0.2) is 18.2 Å². The largest absolute Gasteiger partial charge is 0.484 e. The molecular weight excluding hydrogens is 307 g/mol. The number of halogens is 2. The van der Waals surface area contributed by atoms with Crippen LogP contribution in [0.3, 0.4) is 0 Å². The molecule has 1 saturated heterocycles. The van der Waals surface area contributed by atoms with E-state index in [1.54, 1.807) is 0 Å². The molecule has 1 aromatic carbocycles. The number of amides is 1. The molecule has 4 nitrogen and oxygen atoms in total. The third-order valence-electron chi connectivity index (χ3n) is 3.95. The SMILES string of the molecule is CCN1CCCC[C@@H]1CNC(=O)COc1ccc(F)c(Cl)c1. The van der Waals surface area contributed by atoms with Crippen molar-refractivity contribution in [2.75, 3.05) is 26.2 Å². The van der Waals surface area contributed by atoms with Gasteiger partial charge in [0.05, 0.1) is 5.02 Å². The Morgan fingerprint density at radius 2 is 2.32 bits per heavy atom. The van der Waals surface area contributed by atoms with Gasteiger partial charge in [-0.15, -0.1) is 0 Å². The molecule has 1 aromatic rings. The molecule has 0 radical (unpaired) electrons. The van der Waals surface area contributed by atoms with E-state index in [-0.39, 0.29) is 17.5 Å². The molecule has 0 unspecified atom stereocenters. The molecule has 0 aliphatic carbocycles. The van der Waals surface area contributed by atoms with E-state index in [1.807, 2.05) is 0 Å². The molecule has 0 spiro atoms. The molecule has 1 N–H and O–H groups in total. The van der Waals surface area contributed by atoms with Crippen molar-refractivity contribution in [1.29, 1.82) is 0 Å². The van der Waals surface area contributed by atoms with Crippen LogP contribution in [0, 0.1) is 5.82 Å². The van der Waals surface area contributed by atoms with Crippen molar-refractivity contribution in [2.24, 2.45) is 0 Å². The van der Waals surface area contributed by atoms with Gasteiger partial charge in [-0.2, -0.15) is 0 Å². The summed E-state index contributed by atoms with van der Waals surface area (Å²) in [6, 6.07) is 4.44. The van der Waals surface area contributed by atoms with Crippen LogP contribution in [-0.4, -0.2) is 43.1 Å². The van der Waals surface area contributed by atoms with Crippen molar-refractivity contribution >= 4 is 17.5 Å². The van der Waals surface area contributed by atoms with Crippen molar-refractivity contribution in [2.45, 2.75) is 32.2 Å². The van der Waals surface area contributed by atoms with E-state index in [0.29, 0.717) is 18.3 Å². The van der Waals surface area contributed by atoms with Crippen molar-refractivity contribution in [1.82, 2.24) is 10.2 Å². The molecule has 6 heteroatoms. The topological polar surface area (TPSA) is 41.6 Å². The first kappa shape index (κ1) is 17.0. The number of nitrogens with zero attached hydrogens (tertiary/aromatic N) is 1. The van der Waals surface area contributed by atoms with Crippen LogP contribution in [0.25, 0.3) is 0 Å². The normalized spacial score (nSPS) is 19.0. The monoisotopic (exact) mass is 328 g/mol. The highest BCUT2D eigenvalue weighted by atomic mass is 35.5. The summed E-state index contributed by atoms with van der Waals surface area (Å²) >= 11 is 5.66. The van der Waals surface area contributed by atoms with E-state index in [4.69, 9.17) is 16.3 Å². The maximum absolute atomic E-state index is 13.0. The molecule has 122 valence electrons. The fraction of sp³-hybridized carbons (Fsp3) is 0.562. The van der Waals surface area contributed by atoms with Crippen LogP contribution in [0.4, 0.5) is 4.39 Å². The minimum absolute atomic E-state index is 0.0151. The third-order valence-corrected chi connectivity index (χ3v) is 4.24. The number of ether oxygens (including phenoxy) is 1. The van der Waals surface area contributed by atoms with E-state index >= 15 is 0 Å². The quantitative estimate of drug-likeness (QED) is 0.873. The number of hydrogen-bond donors (Lipinski definition) is 1. The van der Waals surface area contributed by atoms with Gasteiger partial charge in [-0.25, -0.2) is 4.39 Å². The Morgan fingerprint density at radius 1 is 1.50 bits per heavy atom. The molecule has 1 amide bonds. The van der Waals surface area contributed by atoms with Gasteiger partial charge in [0, 0.05) is 18.7 Å². The summed E-state index contributed by atoms with van der Waals surface area (Å²) < 4.78 is 18.3. The summed E-state index contributed by atoms with van der Waals surface area (Å²) in [5.41, 5.74) is 0. The Bertz CT molecular complexity index is 513. The zero-order chi connectivity index (χ0) is 15.9. The molecule has 1 heterocycles. The Morgan fingerprint density at radius 3 is 3.05 bits per heavy atom. The molecular formula is C16H22ClFN2O2. The van der Waals surface area contributed by atoms with E-state index < -0.39 is 5.82 Å². The molecule has 2 rings (SSSR count). The zero-order valence-electron chi connectivity index (χ0n) is 12.8. The second-order valence-corrected chi connectivity index (χ2v) is 5.85. The predicted octanol–water partition coefficient (Wildman–Crippen LogP) is 2.85. The Kier molecular flexibility index (Phi) is 6.46. The van der Waals surface area contributed by atoms with Gasteiger partial charge in [-0.05, 0) is 38.1 Å². The number of piperidine rings is 1. The highest BCUT2D eigenvalue weighted by molar-refractivity contribution is 6.30. The summed E-state index contributed by atoms with van der Waals surface area (Å²) in [5.74, 6) is -0.299. The minimum Gasteiger partial charge on any atom is -0.484 e. The lowest BCUT2D eigenvalue weighted by molar-refractivity contribution is -0.123. The highest BCUT2D eigenvalue weighted by Crippen LogP contribution is 2.21. The van der Waals surface area contributed by atoms with Crippen LogP contribution in [0.2, 0.25) is 5.02 Å². The average molecular weight is 329 g/mol. The predicted molar refractivity (Wildman–Crippen MR) is 84.8 cm³/mol. The molecule has 22 heavy (non-hydrogen) atoms. The van der Waals surface area contributed by atoms with E-state index in [1.165, 1.54) is 31.0 Å². The van der Waals surface area contributed by atoms with Crippen LogP contribution < -0.4 is 10.1 Å². The minimum atomic E-state index is -0.504. The van der Waals surface area contributed by atoms with Crippen molar-refractivity contribution in [3.05, 3.63) is 29.0 Å². The smallest absolute Gasteiger partial charge is 0.257 e. The first-order valence-corrected chi connectivity index (χ1v) is 8.06. The third kappa shape index (κ3) is 4.85. The number of hydrogen-bond acceptors (Lipinski definition) is 3. The lowest BCUT2D eigenvalue weighted by Gasteiger charge is -2.34. The van der Waals surface area contributed by atoms with Crippen LogP contribution in [0.5, 0.6) is 5.75 Å². The lowest BCUT2D eigenvalue weighted by atomic mass is 10.0. The standard InChI is InChI=1S/C16H22ClFN2O2/c1-2-20-8-4-3-5-12(20)10-19-16(21)11-22-13-6-7-15(18)14(17)9-13/h6-7,9,12H,2-5,8,10-11H2,1H3,(H,19,21)/t12-/m1/s1. The van der Waals surface area contributed by atoms with Crippen LogP contribution in [-0.2, 0) is 4.79 Å². The molecule has 1 atom stereocenters. The number of benzene rings is 1. The van der Waals surface area contributed by atoms with E-state index in [9.17, 15) is 9.18 Å². The molecule has 0 bridgehead atoms. The van der Waals surface area contributed by atoms with Gasteiger partial charge < -0.3 is 10.1 Å². The summed E-state index contributed by atoms with van der Waals surface area (Å²) in [5, 5.41) is 2.89. The second kappa shape index (κ2) is 8.34. The number of rotatable bonds is 6. The van der Waals surface area contributed by atoms with Gasteiger partial charge in [0.2, 0.25) is 0 Å². The van der Waals surface area contributed by atoms with Gasteiger partial charge in [-0.1, -0.05) is 24.9 Å². The molecule has 0 aromatic heterocycles. The van der Waals surface area contributed by atoms with Crippen molar-refractivity contribution < 1.29 is 13.9 Å². The molecule has 1 fully saturated rings. The number of likely N-dealkylation sites (tertiary alicyclic amines) is 1. The summed E-state index contributed by atoms with van der Waals surface area (Å²) in [6.45, 7) is 4.79. The summed E-state index contributed by atoms with van der Waals surface area (Å²) in [4.78, 5) is 14.2. The maximum atomic E-state index is 13.0. The molecule has 1 aliphatic rings. The lowest BCUT2D eigenvalue weighted by Crippen LogP contribution is -2.47. The van der Waals surface area contributed by atoms with Gasteiger partial charge >= 0.3 is 0 Å². The Balaban J connectivity index is 1.74. The Labute approximate surface area is 135 Å². The zero-order valence-corrected chi connectivity index (χ0v) is 13.5. The van der Waals surface area contributed by atoms with Gasteiger partial charge in [0.1, 0.15) is 11.6 Å². The van der Waals surface area contributed by atoms with Gasteiger partial charge in [0.15, 0.2) is 6.61 Å². The van der Waals surface area contributed by atoms with Gasteiger partial charge in [0.25, 0.3) is 5.91 Å². The van der Waals surface area contributed by atoms with E-state index in [0.717, 1.165) is 19.5 Å². The highest BCUT2D eigenvalue weighted by Gasteiger charge is 2.21. The van der Waals surface area contributed by atoms with Crippen molar-refractivity contribution in [3.63, 3.8) is 0 Å². The number of nitrogens with one attached hydrogen (secondary N) is 1. The van der Waals surface area contributed by atoms with Crippen LogP contribution >= 0.6 is 11.6 Å². The number of carbonyl (C=O) groups is 1. The summed E-state index contributed by atoms with van der Waals surface area (Å²) in [6.07, 6.45) is 3.55. The average Bonchev–Trinajstić information content (AvgIpc) is 2.54. The first-order chi connectivity index (χ1) is 10.6.